The lowest BCUT2D eigenvalue weighted by Crippen LogP contribution is -2.54. The molecule has 2 aliphatic rings. The van der Waals surface area contributed by atoms with E-state index in [2.05, 4.69) is 56.1 Å². The molecule has 2 fully saturated rings. The number of ether oxygens (including phenoxy) is 1. The predicted octanol–water partition coefficient (Wildman–Crippen LogP) is 5.05. The number of carbonyl (C=O) groups excluding carboxylic acids is 1. The van der Waals surface area contributed by atoms with Crippen molar-refractivity contribution in [2.45, 2.75) is 38.8 Å². The molecule has 0 spiro atoms. The van der Waals surface area contributed by atoms with E-state index in [4.69, 9.17) is 15.1 Å². The zero-order valence-electron chi connectivity index (χ0n) is 26.8. The Morgan fingerprint density at radius 1 is 1.04 bits per heavy atom. The first kappa shape index (κ1) is 31.9. The third-order valence-corrected chi connectivity index (χ3v) is 8.84. The molecule has 2 aliphatic heterocycles. The van der Waals surface area contributed by atoms with Crippen LogP contribution in [-0.2, 0) is 4.79 Å². The van der Waals surface area contributed by atoms with Gasteiger partial charge in [-0.25, -0.2) is 9.97 Å². The molecule has 0 aliphatic carbocycles. The van der Waals surface area contributed by atoms with Crippen LogP contribution < -0.4 is 25.6 Å². The highest BCUT2D eigenvalue weighted by atomic mass is 16.5. The number of carbonyl (C=O) groups is 1. The molecule has 0 bridgehead atoms. The van der Waals surface area contributed by atoms with E-state index in [1.165, 1.54) is 12.3 Å². The van der Waals surface area contributed by atoms with E-state index in [1.54, 1.807) is 13.3 Å². The van der Waals surface area contributed by atoms with Gasteiger partial charge in [0.2, 0.25) is 11.9 Å². The maximum Gasteiger partial charge on any atom is 0.247 e. The smallest absolute Gasteiger partial charge is 0.247 e. The first-order valence-electron chi connectivity index (χ1n) is 15.6. The molecule has 5 rings (SSSR count). The molecule has 0 saturated carbocycles. The van der Waals surface area contributed by atoms with Crippen molar-refractivity contribution in [3.8, 4) is 17.0 Å². The standard InChI is InChI=1S/C34H45N9O2/c1-6-33(44)38-29-20-30(40-34-37-12-9-28(39-34)24-7-8-27(36-4)25(19-24)22-35)32(45-5)21-31(29)43-13-10-26(11-14-43)42-17-15-41(16-18-42)23(2)3/h6-9,12,19-23,26,35-36H,1,10-11,13-18H2,2-5H3,(H,38,44)(H,37,39,40). The molecular weight excluding hydrogens is 566 g/mol. The van der Waals surface area contributed by atoms with E-state index in [9.17, 15) is 4.79 Å². The van der Waals surface area contributed by atoms with Crippen molar-refractivity contribution < 1.29 is 9.53 Å². The first-order chi connectivity index (χ1) is 21.8. The summed E-state index contributed by atoms with van der Waals surface area (Å²) in [5, 5.41) is 17.2. The number of anilines is 5. The summed E-state index contributed by atoms with van der Waals surface area (Å²) >= 11 is 0. The molecule has 238 valence electrons. The van der Waals surface area contributed by atoms with Crippen LogP contribution in [0.4, 0.5) is 28.7 Å². The highest BCUT2D eigenvalue weighted by molar-refractivity contribution is 6.02. The minimum atomic E-state index is -0.282. The molecule has 0 atom stereocenters. The number of nitrogens with zero attached hydrogens (tertiary/aromatic N) is 5. The van der Waals surface area contributed by atoms with Gasteiger partial charge in [-0.2, -0.15) is 0 Å². The molecule has 0 radical (unpaired) electrons. The van der Waals surface area contributed by atoms with Gasteiger partial charge < -0.3 is 31.0 Å². The van der Waals surface area contributed by atoms with Crippen molar-refractivity contribution in [2.75, 3.05) is 74.3 Å². The molecule has 45 heavy (non-hydrogen) atoms. The van der Waals surface area contributed by atoms with Crippen molar-refractivity contribution >= 4 is 40.8 Å². The normalized spacial score (nSPS) is 16.3. The Hall–Kier alpha value is -4.48. The van der Waals surface area contributed by atoms with E-state index < -0.39 is 0 Å². The summed E-state index contributed by atoms with van der Waals surface area (Å²) < 4.78 is 5.83. The number of rotatable bonds is 11. The molecule has 11 nitrogen and oxygen atoms in total. The molecule has 1 amide bonds. The minimum Gasteiger partial charge on any atom is -0.494 e. The summed E-state index contributed by atoms with van der Waals surface area (Å²) in [6.45, 7) is 14.5. The average Bonchev–Trinajstić information content (AvgIpc) is 3.08. The maximum atomic E-state index is 12.5. The number of piperazine rings is 1. The van der Waals surface area contributed by atoms with Crippen LogP contribution in [0.25, 0.3) is 11.3 Å². The predicted molar refractivity (Wildman–Crippen MR) is 184 cm³/mol. The fourth-order valence-corrected chi connectivity index (χ4v) is 6.24. The van der Waals surface area contributed by atoms with Crippen molar-refractivity contribution in [1.29, 1.82) is 5.41 Å². The van der Waals surface area contributed by atoms with Crippen molar-refractivity contribution in [3.05, 3.63) is 60.8 Å². The SMILES string of the molecule is C=CC(=O)Nc1cc(Nc2nccc(-c3ccc(NC)c(C=N)c3)n2)c(OC)cc1N1CCC(N2CCN(C(C)C)CC2)CC1. The molecule has 0 unspecified atom stereocenters. The van der Waals surface area contributed by atoms with E-state index in [-0.39, 0.29) is 5.91 Å². The van der Waals surface area contributed by atoms with Crippen LogP contribution in [0.15, 0.2) is 55.3 Å². The fourth-order valence-electron chi connectivity index (χ4n) is 6.24. The Kier molecular flexibility index (Phi) is 10.3. The average molecular weight is 612 g/mol. The fraction of sp³-hybridized carbons (Fsp3) is 0.412. The van der Waals surface area contributed by atoms with Gasteiger partial charge in [0.15, 0.2) is 0 Å². The van der Waals surface area contributed by atoms with Crippen LogP contribution in [0.3, 0.4) is 0 Å². The van der Waals surface area contributed by atoms with Gasteiger partial charge in [0.25, 0.3) is 0 Å². The zero-order chi connectivity index (χ0) is 31.9. The van der Waals surface area contributed by atoms with Gasteiger partial charge in [0.1, 0.15) is 5.75 Å². The Bertz CT molecular complexity index is 1510. The molecule has 3 heterocycles. The van der Waals surface area contributed by atoms with Crippen LogP contribution in [0, 0.1) is 5.41 Å². The monoisotopic (exact) mass is 611 g/mol. The number of aromatic nitrogens is 2. The van der Waals surface area contributed by atoms with Crippen LogP contribution >= 0.6 is 0 Å². The van der Waals surface area contributed by atoms with Gasteiger partial charge in [-0.1, -0.05) is 12.6 Å². The van der Waals surface area contributed by atoms with E-state index in [1.807, 2.05) is 43.4 Å². The molecule has 2 aromatic carbocycles. The quantitative estimate of drug-likeness (QED) is 0.174. The van der Waals surface area contributed by atoms with Gasteiger partial charge in [-0.05, 0) is 57.0 Å². The summed E-state index contributed by atoms with van der Waals surface area (Å²) in [6.07, 6.45) is 6.41. The van der Waals surface area contributed by atoms with Crippen LogP contribution in [0.5, 0.6) is 5.75 Å². The maximum absolute atomic E-state index is 12.5. The van der Waals surface area contributed by atoms with E-state index in [0.29, 0.717) is 40.9 Å². The third-order valence-electron chi connectivity index (χ3n) is 8.84. The molecule has 3 aromatic rings. The van der Waals surface area contributed by atoms with Crippen molar-refractivity contribution in [1.82, 2.24) is 19.8 Å². The summed E-state index contributed by atoms with van der Waals surface area (Å²) in [6, 6.07) is 12.6. The summed E-state index contributed by atoms with van der Waals surface area (Å²) in [5.74, 6) is 0.717. The lowest BCUT2D eigenvalue weighted by atomic mass is 10.0. The highest BCUT2D eigenvalue weighted by Gasteiger charge is 2.29. The molecular formula is C34H45N9O2. The second-order valence-corrected chi connectivity index (χ2v) is 11.7. The Labute approximate surface area is 266 Å². The van der Waals surface area contributed by atoms with Gasteiger partial charge >= 0.3 is 0 Å². The van der Waals surface area contributed by atoms with Crippen molar-refractivity contribution in [3.63, 3.8) is 0 Å². The molecule has 1 aromatic heterocycles. The Morgan fingerprint density at radius 2 is 1.80 bits per heavy atom. The van der Waals surface area contributed by atoms with Gasteiger partial charge in [0, 0.05) is 93.7 Å². The van der Waals surface area contributed by atoms with E-state index >= 15 is 0 Å². The number of hydrogen-bond acceptors (Lipinski definition) is 10. The van der Waals surface area contributed by atoms with Crippen LogP contribution in [-0.4, -0.2) is 97.4 Å². The van der Waals surface area contributed by atoms with Crippen molar-refractivity contribution in [2.24, 2.45) is 0 Å². The zero-order valence-corrected chi connectivity index (χ0v) is 26.8. The van der Waals surface area contributed by atoms with E-state index in [0.717, 1.165) is 74.6 Å². The molecule has 11 heteroatoms. The second-order valence-electron chi connectivity index (χ2n) is 11.7. The minimum absolute atomic E-state index is 0.282. The lowest BCUT2D eigenvalue weighted by molar-refractivity contribution is -0.111. The number of methoxy groups -OCH3 is 1. The van der Waals surface area contributed by atoms with Gasteiger partial charge in [0.05, 0.1) is 29.9 Å². The van der Waals surface area contributed by atoms with Gasteiger partial charge in [-0.15, -0.1) is 0 Å². The number of hydrogen-bond donors (Lipinski definition) is 4. The van der Waals surface area contributed by atoms with Crippen LogP contribution in [0.1, 0.15) is 32.3 Å². The number of nitrogens with one attached hydrogen (secondary N) is 4. The largest absolute Gasteiger partial charge is 0.494 e. The molecule has 4 N–H and O–H groups in total. The number of benzene rings is 2. The first-order valence-corrected chi connectivity index (χ1v) is 15.6. The number of amides is 1. The van der Waals surface area contributed by atoms with Crippen LogP contribution in [0.2, 0.25) is 0 Å². The number of piperidine rings is 1. The van der Waals surface area contributed by atoms with Gasteiger partial charge in [-0.3, -0.25) is 14.6 Å². The molecule has 2 saturated heterocycles. The second kappa shape index (κ2) is 14.5. The summed E-state index contributed by atoms with van der Waals surface area (Å²) in [5.41, 5.74) is 5.42. The lowest BCUT2D eigenvalue weighted by Gasteiger charge is -2.44. The Balaban J connectivity index is 1.36. The topological polar surface area (TPSA) is 122 Å². The Morgan fingerprint density at radius 3 is 2.44 bits per heavy atom. The highest BCUT2D eigenvalue weighted by Crippen LogP contribution is 2.39. The summed E-state index contributed by atoms with van der Waals surface area (Å²) in [7, 11) is 3.46. The third kappa shape index (κ3) is 7.43. The summed E-state index contributed by atoms with van der Waals surface area (Å²) in [4.78, 5) is 29.2.